The summed E-state index contributed by atoms with van der Waals surface area (Å²) < 4.78 is 2.29. The fraction of sp³-hybridized carbons (Fsp3) is 0.769. The van der Waals surface area contributed by atoms with Gasteiger partial charge in [-0.1, -0.05) is 20.8 Å². The number of nitrogens with one attached hydrogen (secondary N) is 1. The van der Waals surface area contributed by atoms with Crippen molar-refractivity contribution in [1.29, 1.82) is 0 Å². The lowest BCUT2D eigenvalue weighted by molar-refractivity contribution is 0.359. The van der Waals surface area contributed by atoms with Crippen molar-refractivity contribution in [2.75, 3.05) is 0 Å². The predicted octanol–water partition coefficient (Wildman–Crippen LogP) is 2.43. The second-order valence-corrected chi connectivity index (χ2v) is 5.41. The minimum atomic E-state index is 0.703. The highest BCUT2D eigenvalue weighted by molar-refractivity contribution is 4.99. The predicted molar refractivity (Wildman–Crippen MR) is 66.1 cm³/mol. The topological polar surface area (TPSA) is 29.9 Å². The molecule has 1 heterocycles. The molecular formula is C13H23N3. The lowest BCUT2D eigenvalue weighted by atomic mass is 9.98. The first-order chi connectivity index (χ1) is 7.66. The summed E-state index contributed by atoms with van der Waals surface area (Å²) in [6.07, 6.45) is 6.64. The van der Waals surface area contributed by atoms with Gasteiger partial charge in [-0.25, -0.2) is 4.98 Å². The van der Waals surface area contributed by atoms with Crippen molar-refractivity contribution in [2.24, 2.45) is 11.8 Å². The maximum atomic E-state index is 4.26. The molecule has 0 bridgehead atoms. The maximum Gasteiger partial charge on any atom is 0.0948 e. The zero-order chi connectivity index (χ0) is 11.5. The summed E-state index contributed by atoms with van der Waals surface area (Å²) in [5.74, 6) is 1.43. The fourth-order valence-corrected chi connectivity index (χ4v) is 1.72. The summed E-state index contributed by atoms with van der Waals surface area (Å²) >= 11 is 0. The van der Waals surface area contributed by atoms with Crippen molar-refractivity contribution in [2.45, 2.75) is 52.7 Å². The van der Waals surface area contributed by atoms with Gasteiger partial charge in [0, 0.05) is 25.3 Å². The smallest absolute Gasteiger partial charge is 0.0948 e. The first kappa shape index (κ1) is 11.6. The number of rotatable bonds is 6. The monoisotopic (exact) mass is 221 g/mol. The van der Waals surface area contributed by atoms with Gasteiger partial charge in [0.15, 0.2) is 0 Å². The Morgan fingerprint density at radius 1 is 1.44 bits per heavy atom. The van der Waals surface area contributed by atoms with Crippen molar-refractivity contribution < 1.29 is 0 Å². The Morgan fingerprint density at radius 3 is 2.81 bits per heavy atom. The van der Waals surface area contributed by atoms with Crippen LogP contribution in [-0.2, 0) is 13.1 Å². The Kier molecular flexibility index (Phi) is 3.64. The van der Waals surface area contributed by atoms with Gasteiger partial charge in [-0.2, -0.15) is 0 Å². The molecule has 0 aromatic carbocycles. The number of imidazole rings is 1. The van der Waals surface area contributed by atoms with Crippen LogP contribution in [0.4, 0.5) is 0 Å². The number of hydrogen-bond acceptors (Lipinski definition) is 2. The lowest BCUT2D eigenvalue weighted by Crippen LogP contribution is -2.20. The van der Waals surface area contributed by atoms with E-state index < -0.39 is 0 Å². The summed E-state index contributed by atoms with van der Waals surface area (Å²) in [4.78, 5) is 4.26. The summed E-state index contributed by atoms with van der Waals surface area (Å²) in [5.41, 5.74) is 1.32. The molecule has 0 radical (unpaired) electrons. The quantitative estimate of drug-likeness (QED) is 0.799. The number of hydrogen-bond donors (Lipinski definition) is 1. The highest BCUT2D eigenvalue weighted by Gasteiger charge is 2.20. The lowest BCUT2D eigenvalue weighted by Gasteiger charge is -2.17. The second-order valence-electron chi connectivity index (χ2n) is 5.41. The average molecular weight is 221 g/mol. The van der Waals surface area contributed by atoms with E-state index in [9.17, 15) is 0 Å². The van der Waals surface area contributed by atoms with Gasteiger partial charge < -0.3 is 9.88 Å². The molecule has 16 heavy (non-hydrogen) atoms. The summed E-state index contributed by atoms with van der Waals surface area (Å²) in [7, 11) is 0. The molecule has 1 atom stereocenters. The Morgan fingerprint density at radius 2 is 2.19 bits per heavy atom. The highest BCUT2D eigenvalue weighted by atomic mass is 15.1. The van der Waals surface area contributed by atoms with Crippen molar-refractivity contribution >= 4 is 0 Å². The highest BCUT2D eigenvalue weighted by Crippen LogP contribution is 2.19. The van der Waals surface area contributed by atoms with Gasteiger partial charge >= 0.3 is 0 Å². The minimum Gasteiger partial charge on any atom is -0.333 e. The summed E-state index contributed by atoms with van der Waals surface area (Å²) in [5, 5.41) is 3.54. The van der Waals surface area contributed by atoms with Crippen LogP contribution in [0.1, 0.15) is 39.3 Å². The molecule has 3 nitrogen and oxygen atoms in total. The minimum absolute atomic E-state index is 0.703. The van der Waals surface area contributed by atoms with Crippen molar-refractivity contribution in [3.05, 3.63) is 18.2 Å². The largest absolute Gasteiger partial charge is 0.333 e. The van der Waals surface area contributed by atoms with Crippen LogP contribution in [0.15, 0.2) is 12.5 Å². The SMILES string of the molecule is CC(C)C(C)Cn1cncc1CNC1CC1. The average Bonchev–Trinajstić information content (AvgIpc) is 2.97. The Hall–Kier alpha value is -0.830. The Balaban J connectivity index is 1.89. The molecule has 1 aliphatic carbocycles. The first-order valence-electron chi connectivity index (χ1n) is 6.39. The molecule has 1 aliphatic rings. The molecule has 1 unspecified atom stereocenters. The van der Waals surface area contributed by atoms with Crippen molar-refractivity contribution in [3.63, 3.8) is 0 Å². The van der Waals surface area contributed by atoms with Gasteiger partial charge in [0.2, 0.25) is 0 Å². The van der Waals surface area contributed by atoms with Crippen LogP contribution in [0.25, 0.3) is 0 Å². The molecule has 0 aliphatic heterocycles. The van der Waals surface area contributed by atoms with E-state index in [1.807, 2.05) is 12.5 Å². The second kappa shape index (κ2) is 5.00. The molecule has 1 saturated carbocycles. The van der Waals surface area contributed by atoms with E-state index in [1.165, 1.54) is 18.5 Å². The molecule has 90 valence electrons. The standard InChI is InChI=1S/C13H23N3/c1-10(2)11(3)8-16-9-14-6-13(16)7-15-12-4-5-12/h6,9-12,15H,4-5,7-8H2,1-3H3. The molecule has 0 saturated heterocycles. The van der Waals surface area contributed by atoms with Crippen LogP contribution in [0, 0.1) is 11.8 Å². The molecule has 3 heteroatoms. The van der Waals surface area contributed by atoms with Crippen LogP contribution in [0.3, 0.4) is 0 Å². The summed E-state index contributed by atoms with van der Waals surface area (Å²) in [6, 6.07) is 0.769. The zero-order valence-electron chi connectivity index (χ0n) is 10.6. The van der Waals surface area contributed by atoms with Crippen LogP contribution >= 0.6 is 0 Å². The fourth-order valence-electron chi connectivity index (χ4n) is 1.72. The van der Waals surface area contributed by atoms with Gasteiger partial charge in [-0.05, 0) is 24.7 Å². The normalized spacial score (nSPS) is 18.0. The van der Waals surface area contributed by atoms with Gasteiger partial charge in [0.1, 0.15) is 0 Å². The number of aromatic nitrogens is 2. The molecule has 1 aromatic heterocycles. The van der Waals surface area contributed by atoms with Crippen LogP contribution in [0.5, 0.6) is 0 Å². The first-order valence-corrected chi connectivity index (χ1v) is 6.39. The third-order valence-corrected chi connectivity index (χ3v) is 3.57. The van der Waals surface area contributed by atoms with Crippen LogP contribution < -0.4 is 5.32 Å². The van der Waals surface area contributed by atoms with E-state index in [0.29, 0.717) is 5.92 Å². The number of nitrogens with zero attached hydrogens (tertiary/aromatic N) is 2. The van der Waals surface area contributed by atoms with E-state index in [0.717, 1.165) is 25.0 Å². The Labute approximate surface area is 98.3 Å². The summed E-state index contributed by atoms with van der Waals surface area (Å²) in [6.45, 7) is 8.92. The molecule has 1 aromatic rings. The van der Waals surface area contributed by atoms with Gasteiger partial charge in [0.05, 0.1) is 12.0 Å². The van der Waals surface area contributed by atoms with E-state index in [1.54, 1.807) is 0 Å². The van der Waals surface area contributed by atoms with E-state index in [2.05, 4.69) is 35.6 Å². The van der Waals surface area contributed by atoms with Gasteiger partial charge in [0.25, 0.3) is 0 Å². The van der Waals surface area contributed by atoms with E-state index >= 15 is 0 Å². The van der Waals surface area contributed by atoms with Crippen LogP contribution in [0.2, 0.25) is 0 Å². The van der Waals surface area contributed by atoms with Gasteiger partial charge in [-0.15, -0.1) is 0 Å². The van der Waals surface area contributed by atoms with E-state index in [-0.39, 0.29) is 0 Å². The molecule has 0 amide bonds. The van der Waals surface area contributed by atoms with Gasteiger partial charge in [-0.3, -0.25) is 0 Å². The maximum absolute atomic E-state index is 4.26. The van der Waals surface area contributed by atoms with Crippen molar-refractivity contribution in [1.82, 2.24) is 14.9 Å². The third-order valence-electron chi connectivity index (χ3n) is 3.57. The molecule has 0 spiro atoms. The molecule has 1 N–H and O–H groups in total. The molecule has 1 fully saturated rings. The molecule has 2 rings (SSSR count). The Bertz CT molecular complexity index is 326. The molecular weight excluding hydrogens is 198 g/mol. The third kappa shape index (κ3) is 3.08. The zero-order valence-corrected chi connectivity index (χ0v) is 10.6. The van der Waals surface area contributed by atoms with E-state index in [4.69, 9.17) is 0 Å². The van der Waals surface area contributed by atoms with Crippen molar-refractivity contribution in [3.8, 4) is 0 Å². The van der Waals surface area contributed by atoms with Crippen LogP contribution in [-0.4, -0.2) is 15.6 Å².